The first kappa shape index (κ1) is 29.4. The normalized spacial score (nSPS) is 12.1. The molecule has 0 atom stereocenters. The quantitative estimate of drug-likeness (QED) is 0.169. The van der Waals surface area contributed by atoms with Gasteiger partial charge in [-0.3, -0.25) is 0 Å². The number of furan rings is 1. The second-order valence-corrected chi connectivity index (χ2v) is 14.4. The molecule has 0 unspecified atom stereocenters. The largest absolute Gasteiger partial charge is 0.456 e. The number of rotatable bonds is 3. The van der Waals surface area contributed by atoms with Gasteiger partial charge in [-0.25, -0.2) is 0 Å². The van der Waals surface area contributed by atoms with Gasteiger partial charge in [-0.15, -0.1) is 0 Å². The molecule has 10 aromatic carbocycles. The Morgan fingerprint density at radius 1 is 0.333 bits per heavy atom. The molecule has 0 aliphatic carbocycles. The Balaban J connectivity index is 1.05. The number of hydrogen-bond acceptors (Lipinski definition) is 1. The van der Waals surface area contributed by atoms with E-state index in [4.69, 9.17) is 4.42 Å². The Morgan fingerprint density at radius 2 is 0.889 bits per heavy atom. The molecular weight excluding hydrogens is 655 g/mol. The lowest BCUT2D eigenvalue weighted by atomic mass is 9.91. The van der Waals surface area contributed by atoms with Crippen molar-refractivity contribution in [2.45, 2.75) is 0 Å². The summed E-state index contributed by atoms with van der Waals surface area (Å²) in [5.74, 6) is 0. The van der Waals surface area contributed by atoms with E-state index in [0.717, 1.165) is 33.1 Å². The number of nitrogens with zero attached hydrogens (tertiary/aromatic N) is 1. The lowest BCUT2D eigenvalue weighted by molar-refractivity contribution is 0.669. The predicted molar refractivity (Wildman–Crippen MR) is 229 cm³/mol. The van der Waals surface area contributed by atoms with Crippen LogP contribution in [0.5, 0.6) is 0 Å². The van der Waals surface area contributed by atoms with Crippen LogP contribution < -0.4 is 0 Å². The monoisotopic (exact) mass is 685 g/mol. The van der Waals surface area contributed by atoms with E-state index >= 15 is 0 Å². The predicted octanol–water partition coefficient (Wildman–Crippen LogP) is 14.6. The number of fused-ring (bicyclic) bond motifs is 14. The van der Waals surface area contributed by atoms with Crippen LogP contribution in [0.3, 0.4) is 0 Å². The summed E-state index contributed by atoms with van der Waals surface area (Å²) in [5, 5.41) is 14.9. The van der Waals surface area contributed by atoms with Crippen molar-refractivity contribution in [1.29, 1.82) is 0 Å². The minimum absolute atomic E-state index is 0.900. The van der Waals surface area contributed by atoms with Crippen molar-refractivity contribution in [1.82, 2.24) is 4.57 Å². The SMILES string of the molecule is c1ccc(-n2c3ccccc3c3ccc4c5ccc(-c6ccc7c(c6)oc6cc(-c8cccc9ccccc89)ccc67)cc5c5ccccc5c4c32)cc1. The lowest BCUT2D eigenvalue weighted by Gasteiger charge is -2.15. The van der Waals surface area contributed by atoms with E-state index in [1.165, 1.54) is 81.7 Å². The Morgan fingerprint density at radius 3 is 1.72 bits per heavy atom. The third kappa shape index (κ3) is 4.17. The van der Waals surface area contributed by atoms with Crippen molar-refractivity contribution >= 4 is 86.8 Å². The van der Waals surface area contributed by atoms with Crippen molar-refractivity contribution in [2.75, 3.05) is 0 Å². The van der Waals surface area contributed by atoms with E-state index in [1.807, 2.05) is 0 Å². The van der Waals surface area contributed by atoms with Crippen LogP contribution in [0.4, 0.5) is 0 Å². The van der Waals surface area contributed by atoms with Gasteiger partial charge in [0, 0.05) is 32.6 Å². The summed E-state index contributed by atoms with van der Waals surface area (Å²) in [5.41, 5.74) is 10.1. The summed E-state index contributed by atoms with van der Waals surface area (Å²) in [6.07, 6.45) is 0. The molecule has 0 radical (unpaired) electrons. The van der Waals surface area contributed by atoms with Crippen molar-refractivity contribution < 1.29 is 4.42 Å². The maximum atomic E-state index is 6.62. The molecule has 54 heavy (non-hydrogen) atoms. The van der Waals surface area contributed by atoms with Crippen LogP contribution in [-0.2, 0) is 0 Å². The van der Waals surface area contributed by atoms with Crippen LogP contribution in [-0.4, -0.2) is 4.57 Å². The van der Waals surface area contributed by atoms with Crippen LogP contribution in [0, 0.1) is 0 Å². The zero-order valence-corrected chi connectivity index (χ0v) is 29.3. The molecule has 0 fully saturated rings. The fraction of sp³-hybridized carbons (Fsp3) is 0. The second-order valence-electron chi connectivity index (χ2n) is 14.4. The molecule has 0 bridgehead atoms. The highest BCUT2D eigenvalue weighted by atomic mass is 16.3. The van der Waals surface area contributed by atoms with Gasteiger partial charge < -0.3 is 8.98 Å². The third-order valence-corrected chi connectivity index (χ3v) is 11.6. The molecule has 2 heterocycles. The number of hydrogen-bond donors (Lipinski definition) is 0. The highest BCUT2D eigenvalue weighted by Crippen LogP contribution is 2.44. The van der Waals surface area contributed by atoms with Gasteiger partial charge in [0.25, 0.3) is 0 Å². The Labute approximate surface area is 310 Å². The summed E-state index contributed by atoms with van der Waals surface area (Å²) in [7, 11) is 0. The van der Waals surface area contributed by atoms with Gasteiger partial charge in [-0.1, -0.05) is 140 Å². The molecule has 0 saturated carbocycles. The maximum Gasteiger partial charge on any atom is 0.136 e. The zero-order valence-electron chi connectivity index (χ0n) is 29.3. The Hall–Kier alpha value is -7.16. The first-order valence-corrected chi connectivity index (χ1v) is 18.6. The molecule has 12 rings (SSSR count). The molecule has 0 saturated heterocycles. The standard InChI is InChI=1S/C52H31NO/c1-2-13-36(14-3-1)53-48-20-9-8-17-41(48)46-28-27-45-40-24-21-33(29-47(40)39-16-6-7-18-44(39)51(45)52(46)53)34-22-25-42-43-26-23-35(31-50(43)54-49(42)30-34)38-19-10-12-32-11-4-5-15-37(32)38/h1-31H. The molecule has 0 spiro atoms. The van der Waals surface area contributed by atoms with Crippen LogP contribution in [0.1, 0.15) is 0 Å². The Bertz CT molecular complexity index is 3470. The number of para-hydroxylation sites is 2. The van der Waals surface area contributed by atoms with Gasteiger partial charge in [0.05, 0.1) is 11.0 Å². The van der Waals surface area contributed by atoms with Gasteiger partial charge in [0.1, 0.15) is 11.2 Å². The molecule has 250 valence electrons. The summed E-state index contributed by atoms with van der Waals surface area (Å²) in [6, 6.07) is 68.4. The van der Waals surface area contributed by atoms with Crippen molar-refractivity contribution in [3.8, 4) is 27.9 Å². The summed E-state index contributed by atoms with van der Waals surface area (Å²) in [6.45, 7) is 0. The molecule has 0 aliphatic heterocycles. The average Bonchev–Trinajstić information content (AvgIpc) is 3.78. The molecule has 2 nitrogen and oxygen atoms in total. The summed E-state index contributed by atoms with van der Waals surface area (Å²) < 4.78 is 9.07. The van der Waals surface area contributed by atoms with Crippen LogP contribution in [0.25, 0.3) is 115 Å². The van der Waals surface area contributed by atoms with E-state index in [9.17, 15) is 0 Å². The highest BCUT2D eigenvalue weighted by Gasteiger charge is 2.19. The van der Waals surface area contributed by atoms with Gasteiger partial charge in [-0.2, -0.15) is 0 Å². The number of aromatic nitrogens is 1. The van der Waals surface area contributed by atoms with Gasteiger partial charge in [-0.05, 0) is 108 Å². The maximum absolute atomic E-state index is 6.62. The molecule has 0 N–H and O–H groups in total. The van der Waals surface area contributed by atoms with E-state index < -0.39 is 0 Å². The molecule has 2 heteroatoms. The molecule has 12 aromatic rings. The number of benzene rings is 10. The van der Waals surface area contributed by atoms with Crippen molar-refractivity contribution in [3.05, 3.63) is 188 Å². The molecule has 0 amide bonds. The van der Waals surface area contributed by atoms with E-state index in [1.54, 1.807) is 0 Å². The molecular formula is C52H31NO. The summed E-state index contributed by atoms with van der Waals surface area (Å²) >= 11 is 0. The summed E-state index contributed by atoms with van der Waals surface area (Å²) in [4.78, 5) is 0. The minimum Gasteiger partial charge on any atom is -0.456 e. The Kier molecular flexibility index (Phi) is 6.09. The van der Waals surface area contributed by atoms with Gasteiger partial charge in [0.2, 0.25) is 0 Å². The topological polar surface area (TPSA) is 18.1 Å². The smallest absolute Gasteiger partial charge is 0.136 e. The fourth-order valence-corrected chi connectivity index (χ4v) is 9.12. The third-order valence-electron chi connectivity index (χ3n) is 11.6. The zero-order chi connectivity index (χ0) is 35.3. The van der Waals surface area contributed by atoms with E-state index in [-0.39, 0.29) is 0 Å². The van der Waals surface area contributed by atoms with Gasteiger partial charge in [0.15, 0.2) is 0 Å². The fourth-order valence-electron chi connectivity index (χ4n) is 9.12. The first-order valence-electron chi connectivity index (χ1n) is 18.6. The minimum atomic E-state index is 0.900. The van der Waals surface area contributed by atoms with Crippen LogP contribution in [0.2, 0.25) is 0 Å². The lowest BCUT2D eigenvalue weighted by Crippen LogP contribution is -1.95. The van der Waals surface area contributed by atoms with Crippen molar-refractivity contribution in [2.24, 2.45) is 0 Å². The average molecular weight is 686 g/mol. The van der Waals surface area contributed by atoms with Crippen molar-refractivity contribution in [3.63, 3.8) is 0 Å². The highest BCUT2D eigenvalue weighted by molar-refractivity contribution is 6.33. The first-order chi connectivity index (χ1) is 26.8. The molecule has 0 aliphatic rings. The van der Waals surface area contributed by atoms with E-state index in [0.29, 0.717) is 0 Å². The van der Waals surface area contributed by atoms with Crippen LogP contribution >= 0.6 is 0 Å². The van der Waals surface area contributed by atoms with Gasteiger partial charge >= 0.3 is 0 Å². The second kappa shape index (κ2) is 11.2. The van der Waals surface area contributed by atoms with E-state index in [2.05, 4.69) is 193 Å². The van der Waals surface area contributed by atoms with Crippen LogP contribution in [0.15, 0.2) is 192 Å². The molecule has 2 aromatic heterocycles.